The zero-order chi connectivity index (χ0) is 13.4. The van der Waals surface area contributed by atoms with E-state index in [1.54, 1.807) is 10.7 Å². The smallest absolute Gasteiger partial charge is 0.303 e. The Balaban J connectivity index is 1.87. The Bertz CT molecular complexity index is 708. The molecule has 3 aromatic heterocycles. The number of imidazole rings is 1. The highest BCUT2D eigenvalue weighted by Gasteiger charge is 2.11. The molecule has 3 aromatic rings. The predicted molar refractivity (Wildman–Crippen MR) is 71.2 cm³/mol. The molecule has 0 aliphatic rings. The van der Waals surface area contributed by atoms with Crippen LogP contribution < -0.4 is 0 Å². The number of hydrogen-bond acceptors (Lipinski definition) is 4. The van der Waals surface area contributed by atoms with Crippen molar-refractivity contribution in [2.24, 2.45) is 7.05 Å². The van der Waals surface area contributed by atoms with Crippen LogP contribution >= 0.6 is 11.3 Å². The van der Waals surface area contributed by atoms with Gasteiger partial charge in [0.2, 0.25) is 4.96 Å². The van der Waals surface area contributed by atoms with E-state index in [9.17, 15) is 4.79 Å². The van der Waals surface area contributed by atoms with Crippen molar-refractivity contribution < 1.29 is 9.90 Å². The quantitative estimate of drug-likeness (QED) is 0.789. The zero-order valence-electron chi connectivity index (χ0n) is 10.3. The summed E-state index contributed by atoms with van der Waals surface area (Å²) in [5.41, 5.74) is 1.82. The van der Waals surface area contributed by atoms with Crippen LogP contribution in [0, 0.1) is 0 Å². The monoisotopic (exact) mass is 276 g/mol. The first-order chi connectivity index (χ1) is 9.11. The summed E-state index contributed by atoms with van der Waals surface area (Å²) >= 11 is 1.50. The Kier molecular flexibility index (Phi) is 2.83. The average molecular weight is 276 g/mol. The highest BCUT2D eigenvalue weighted by atomic mass is 32.1. The normalized spacial score (nSPS) is 11.2. The number of carbonyl (C=O) groups is 1. The van der Waals surface area contributed by atoms with Gasteiger partial charge in [0.15, 0.2) is 0 Å². The van der Waals surface area contributed by atoms with Crippen molar-refractivity contribution >= 4 is 22.3 Å². The lowest BCUT2D eigenvalue weighted by Crippen LogP contribution is -1.97. The molecular weight excluding hydrogens is 264 g/mol. The summed E-state index contributed by atoms with van der Waals surface area (Å²) in [6, 6.07) is 2.00. The summed E-state index contributed by atoms with van der Waals surface area (Å²) in [5, 5.41) is 14.0. The van der Waals surface area contributed by atoms with E-state index < -0.39 is 5.97 Å². The van der Waals surface area contributed by atoms with Gasteiger partial charge in [-0.25, -0.2) is 9.50 Å². The molecule has 0 radical (unpaired) electrons. The van der Waals surface area contributed by atoms with E-state index in [1.807, 2.05) is 30.1 Å². The molecule has 1 N–H and O–H groups in total. The lowest BCUT2D eigenvalue weighted by atomic mass is 10.2. The van der Waals surface area contributed by atoms with E-state index >= 15 is 0 Å². The maximum Gasteiger partial charge on any atom is 0.303 e. The number of nitrogens with zero attached hydrogens (tertiary/aromatic N) is 4. The fraction of sp³-hybridized carbons (Fsp3) is 0.250. The minimum Gasteiger partial charge on any atom is -0.481 e. The number of hydrogen-bond donors (Lipinski definition) is 1. The number of carboxylic acids is 1. The summed E-state index contributed by atoms with van der Waals surface area (Å²) in [6.07, 6.45) is 6.30. The van der Waals surface area contributed by atoms with Crippen molar-refractivity contribution in [3.8, 4) is 10.6 Å². The molecule has 0 atom stereocenters. The molecule has 0 saturated carbocycles. The van der Waals surface area contributed by atoms with E-state index in [4.69, 9.17) is 5.11 Å². The Labute approximate surface area is 112 Å². The minimum atomic E-state index is -0.811. The molecule has 0 aliphatic heterocycles. The lowest BCUT2D eigenvalue weighted by Gasteiger charge is -1.90. The van der Waals surface area contributed by atoms with Crippen LogP contribution in [0.4, 0.5) is 0 Å². The first-order valence-corrected chi connectivity index (χ1v) is 6.63. The number of aliphatic carboxylic acids is 1. The third-order valence-corrected chi connectivity index (χ3v) is 3.74. The van der Waals surface area contributed by atoms with Crippen LogP contribution in [0.1, 0.15) is 12.1 Å². The molecule has 3 heterocycles. The lowest BCUT2D eigenvalue weighted by molar-refractivity contribution is -0.136. The Morgan fingerprint density at radius 1 is 1.47 bits per heavy atom. The SMILES string of the molecule is Cn1ccc(-c2nn3cc(CCC(=O)O)nc3s2)c1. The molecule has 0 bridgehead atoms. The van der Waals surface area contributed by atoms with Gasteiger partial charge in [0, 0.05) is 31.4 Å². The summed E-state index contributed by atoms with van der Waals surface area (Å²) < 4.78 is 3.68. The molecule has 0 aliphatic carbocycles. The molecule has 0 saturated heterocycles. The second-order valence-electron chi connectivity index (χ2n) is 4.33. The molecular formula is C12H12N4O2S. The molecule has 0 spiro atoms. The van der Waals surface area contributed by atoms with Crippen LogP contribution in [0.25, 0.3) is 15.5 Å². The first-order valence-electron chi connectivity index (χ1n) is 5.81. The second kappa shape index (κ2) is 4.51. The molecule has 0 fully saturated rings. The topological polar surface area (TPSA) is 72.4 Å². The Morgan fingerprint density at radius 2 is 2.32 bits per heavy atom. The average Bonchev–Trinajstić information content (AvgIpc) is 2.99. The number of fused-ring (bicyclic) bond motifs is 1. The standard InChI is InChI=1S/C12H12N4O2S/c1-15-5-4-8(6-15)11-14-16-7-9(2-3-10(17)18)13-12(16)19-11/h4-7H,2-3H2,1H3,(H,17,18). The van der Waals surface area contributed by atoms with Crippen molar-refractivity contribution in [2.75, 3.05) is 0 Å². The fourth-order valence-electron chi connectivity index (χ4n) is 1.85. The van der Waals surface area contributed by atoms with E-state index in [1.165, 1.54) is 11.3 Å². The molecule has 6 nitrogen and oxygen atoms in total. The van der Waals surface area contributed by atoms with Crippen molar-refractivity contribution in [1.82, 2.24) is 19.2 Å². The number of aromatic nitrogens is 4. The van der Waals surface area contributed by atoms with E-state index in [0.29, 0.717) is 6.42 Å². The van der Waals surface area contributed by atoms with E-state index in [2.05, 4.69) is 10.1 Å². The highest BCUT2D eigenvalue weighted by molar-refractivity contribution is 7.19. The van der Waals surface area contributed by atoms with Crippen LogP contribution in [0.2, 0.25) is 0 Å². The van der Waals surface area contributed by atoms with Gasteiger partial charge in [-0.2, -0.15) is 5.10 Å². The van der Waals surface area contributed by atoms with Crippen LogP contribution in [-0.4, -0.2) is 30.2 Å². The summed E-state index contributed by atoms with van der Waals surface area (Å²) in [6.45, 7) is 0. The Morgan fingerprint density at radius 3 is 2.95 bits per heavy atom. The van der Waals surface area contributed by atoms with E-state index in [0.717, 1.165) is 21.2 Å². The molecule has 19 heavy (non-hydrogen) atoms. The van der Waals surface area contributed by atoms with Crippen LogP contribution in [0.15, 0.2) is 24.7 Å². The van der Waals surface area contributed by atoms with Crippen molar-refractivity contribution in [3.63, 3.8) is 0 Å². The predicted octanol–water partition coefficient (Wildman–Crippen LogP) is 1.81. The van der Waals surface area contributed by atoms with E-state index in [-0.39, 0.29) is 6.42 Å². The van der Waals surface area contributed by atoms with Crippen molar-refractivity contribution in [2.45, 2.75) is 12.8 Å². The van der Waals surface area contributed by atoms with Gasteiger partial charge in [0.05, 0.1) is 18.3 Å². The van der Waals surface area contributed by atoms with Crippen LogP contribution in [0.5, 0.6) is 0 Å². The summed E-state index contributed by atoms with van der Waals surface area (Å²) in [5.74, 6) is -0.811. The summed E-state index contributed by atoms with van der Waals surface area (Å²) in [7, 11) is 1.96. The van der Waals surface area contributed by atoms with Gasteiger partial charge < -0.3 is 9.67 Å². The maximum atomic E-state index is 10.5. The minimum absolute atomic E-state index is 0.0936. The molecule has 7 heteroatoms. The third-order valence-electron chi connectivity index (χ3n) is 2.77. The number of aryl methyl sites for hydroxylation is 2. The second-order valence-corrected chi connectivity index (χ2v) is 5.28. The number of carboxylic acid groups (broad SMARTS) is 1. The third kappa shape index (κ3) is 2.37. The van der Waals surface area contributed by atoms with Crippen molar-refractivity contribution in [1.29, 1.82) is 0 Å². The van der Waals surface area contributed by atoms with Gasteiger partial charge in [-0.15, -0.1) is 0 Å². The Hall–Kier alpha value is -2.15. The van der Waals surface area contributed by atoms with Gasteiger partial charge >= 0.3 is 5.97 Å². The van der Waals surface area contributed by atoms with Crippen molar-refractivity contribution in [3.05, 3.63) is 30.4 Å². The maximum absolute atomic E-state index is 10.5. The fourth-order valence-corrected chi connectivity index (χ4v) is 2.74. The highest BCUT2D eigenvalue weighted by Crippen LogP contribution is 2.25. The van der Waals surface area contributed by atoms with Gasteiger partial charge in [-0.05, 0) is 6.07 Å². The molecule has 3 rings (SSSR count). The largest absolute Gasteiger partial charge is 0.481 e. The molecule has 0 unspecified atom stereocenters. The van der Waals surface area contributed by atoms with Gasteiger partial charge in [-0.3, -0.25) is 4.79 Å². The first kappa shape index (κ1) is 11.9. The molecule has 0 aromatic carbocycles. The van der Waals surface area contributed by atoms with Crippen LogP contribution in [-0.2, 0) is 18.3 Å². The molecule has 98 valence electrons. The molecule has 0 amide bonds. The van der Waals surface area contributed by atoms with Crippen LogP contribution in [0.3, 0.4) is 0 Å². The van der Waals surface area contributed by atoms with Gasteiger partial charge in [0.25, 0.3) is 0 Å². The summed E-state index contributed by atoms with van der Waals surface area (Å²) in [4.78, 5) is 15.7. The number of rotatable bonds is 4. The van der Waals surface area contributed by atoms with Gasteiger partial charge in [-0.1, -0.05) is 11.3 Å². The zero-order valence-corrected chi connectivity index (χ0v) is 11.1. The van der Waals surface area contributed by atoms with Gasteiger partial charge in [0.1, 0.15) is 5.01 Å².